The number of benzene rings is 1. The monoisotopic (exact) mass is 309 g/mol. The molecule has 0 aliphatic heterocycles. The summed E-state index contributed by atoms with van der Waals surface area (Å²) >= 11 is 0. The van der Waals surface area contributed by atoms with Crippen molar-refractivity contribution in [3.8, 4) is 5.95 Å². The van der Waals surface area contributed by atoms with Crippen LogP contribution in [0.25, 0.3) is 5.95 Å². The Bertz CT molecular complexity index is 795. The molecule has 7 nitrogen and oxygen atoms in total. The fourth-order valence-electron chi connectivity index (χ4n) is 2.23. The lowest BCUT2D eigenvalue weighted by Gasteiger charge is -2.10. The Morgan fingerprint density at radius 2 is 1.74 bits per heavy atom. The van der Waals surface area contributed by atoms with Crippen LogP contribution in [0.5, 0.6) is 0 Å². The van der Waals surface area contributed by atoms with E-state index in [-0.39, 0.29) is 0 Å². The summed E-state index contributed by atoms with van der Waals surface area (Å²) in [5.74, 6) is 1.48. The maximum absolute atomic E-state index is 4.48. The number of aryl methyl sites for hydroxylation is 2. The van der Waals surface area contributed by atoms with E-state index in [1.165, 1.54) is 0 Å². The molecule has 1 aromatic carbocycles. The maximum atomic E-state index is 4.48. The van der Waals surface area contributed by atoms with Gasteiger partial charge in [-0.3, -0.25) is 0 Å². The smallest absolute Gasteiger partial charge is 0.257 e. The van der Waals surface area contributed by atoms with E-state index < -0.39 is 0 Å². The van der Waals surface area contributed by atoms with Crippen LogP contribution in [-0.4, -0.2) is 31.3 Å². The highest BCUT2D eigenvalue weighted by Crippen LogP contribution is 2.16. The van der Waals surface area contributed by atoms with Gasteiger partial charge in [0.1, 0.15) is 0 Å². The van der Waals surface area contributed by atoms with E-state index in [1.807, 2.05) is 57.2 Å². The molecule has 118 valence electrons. The van der Waals surface area contributed by atoms with E-state index in [0.29, 0.717) is 17.8 Å². The first-order valence-electron chi connectivity index (χ1n) is 7.51. The molecule has 0 bridgehead atoms. The molecule has 0 radical (unpaired) electrons. The molecule has 2 aromatic heterocycles. The van der Waals surface area contributed by atoms with E-state index >= 15 is 0 Å². The van der Waals surface area contributed by atoms with Crippen LogP contribution in [0.15, 0.2) is 36.4 Å². The van der Waals surface area contributed by atoms with E-state index in [0.717, 1.165) is 23.6 Å². The number of aromatic nitrogens is 5. The van der Waals surface area contributed by atoms with Crippen molar-refractivity contribution < 1.29 is 0 Å². The van der Waals surface area contributed by atoms with Crippen LogP contribution in [0.2, 0.25) is 0 Å². The zero-order chi connectivity index (χ0) is 16.2. The summed E-state index contributed by atoms with van der Waals surface area (Å²) in [7, 11) is 0. The number of anilines is 3. The first kappa shape index (κ1) is 15.0. The van der Waals surface area contributed by atoms with Gasteiger partial charge in [0.25, 0.3) is 5.95 Å². The van der Waals surface area contributed by atoms with Crippen LogP contribution in [0.4, 0.5) is 17.6 Å². The van der Waals surface area contributed by atoms with Gasteiger partial charge in [-0.2, -0.15) is 20.1 Å². The summed E-state index contributed by atoms with van der Waals surface area (Å²) in [5, 5.41) is 10.8. The highest BCUT2D eigenvalue weighted by molar-refractivity contribution is 5.54. The summed E-state index contributed by atoms with van der Waals surface area (Å²) in [6.07, 6.45) is 0. The Labute approximate surface area is 134 Å². The third kappa shape index (κ3) is 3.45. The Kier molecular flexibility index (Phi) is 4.18. The van der Waals surface area contributed by atoms with Crippen molar-refractivity contribution in [1.29, 1.82) is 0 Å². The zero-order valence-electron chi connectivity index (χ0n) is 13.4. The molecule has 0 spiro atoms. The number of rotatable bonds is 5. The summed E-state index contributed by atoms with van der Waals surface area (Å²) in [6, 6.07) is 11.8. The molecule has 0 saturated carbocycles. The number of hydrogen-bond donors (Lipinski definition) is 2. The topological polar surface area (TPSA) is 80.5 Å². The van der Waals surface area contributed by atoms with Crippen molar-refractivity contribution in [2.45, 2.75) is 20.8 Å². The molecule has 0 unspecified atom stereocenters. The molecule has 7 heteroatoms. The molecule has 0 fully saturated rings. The molecule has 3 rings (SSSR count). The van der Waals surface area contributed by atoms with Gasteiger partial charge < -0.3 is 10.6 Å². The first-order chi connectivity index (χ1) is 11.2. The summed E-state index contributed by atoms with van der Waals surface area (Å²) in [5.41, 5.74) is 2.81. The van der Waals surface area contributed by atoms with Crippen LogP contribution in [0.1, 0.15) is 18.3 Å². The molecule has 2 N–H and O–H groups in total. The predicted molar refractivity (Wildman–Crippen MR) is 90.3 cm³/mol. The average molecular weight is 309 g/mol. The lowest BCUT2D eigenvalue weighted by atomic mass is 10.3. The van der Waals surface area contributed by atoms with Crippen LogP contribution in [0, 0.1) is 13.8 Å². The molecule has 23 heavy (non-hydrogen) atoms. The van der Waals surface area contributed by atoms with Gasteiger partial charge in [0, 0.05) is 17.9 Å². The maximum Gasteiger partial charge on any atom is 0.257 e. The summed E-state index contributed by atoms with van der Waals surface area (Å²) in [4.78, 5) is 13.3. The van der Waals surface area contributed by atoms with Crippen LogP contribution in [0.3, 0.4) is 0 Å². The minimum absolute atomic E-state index is 0.477. The molecular weight excluding hydrogens is 290 g/mol. The normalized spacial score (nSPS) is 10.6. The third-order valence-corrected chi connectivity index (χ3v) is 3.19. The van der Waals surface area contributed by atoms with Crippen LogP contribution < -0.4 is 10.6 Å². The SMILES string of the molecule is CCNc1nc(Nc2ccccc2)nc(-n2nc(C)cc2C)n1. The van der Waals surface area contributed by atoms with E-state index in [9.17, 15) is 0 Å². The number of nitrogens with zero attached hydrogens (tertiary/aromatic N) is 5. The van der Waals surface area contributed by atoms with Crippen molar-refractivity contribution >= 4 is 17.6 Å². The largest absolute Gasteiger partial charge is 0.354 e. The van der Waals surface area contributed by atoms with Crippen molar-refractivity contribution in [2.24, 2.45) is 0 Å². The Morgan fingerprint density at radius 1 is 1.00 bits per heavy atom. The fourth-order valence-corrected chi connectivity index (χ4v) is 2.23. The van der Waals surface area contributed by atoms with Gasteiger partial charge >= 0.3 is 0 Å². The second kappa shape index (κ2) is 6.43. The predicted octanol–water partition coefficient (Wildman–Crippen LogP) is 2.85. The van der Waals surface area contributed by atoms with Gasteiger partial charge in [-0.1, -0.05) is 18.2 Å². The zero-order valence-corrected chi connectivity index (χ0v) is 13.4. The molecule has 3 aromatic rings. The minimum Gasteiger partial charge on any atom is -0.354 e. The standard InChI is InChI=1S/C16H19N7/c1-4-17-14-19-15(18-13-8-6-5-7-9-13)21-16(20-14)23-12(3)10-11(2)22-23/h5-10H,4H2,1-3H3,(H2,17,18,19,20,21). The highest BCUT2D eigenvalue weighted by Gasteiger charge is 2.11. The van der Waals surface area contributed by atoms with Gasteiger partial charge in [0.15, 0.2) is 0 Å². The molecule has 2 heterocycles. The Balaban J connectivity index is 2.01. The van der Waals surface area contributed by atoms with Gasteiger partial charge in [0.05, 0.1) is 5.69 Å². The van der Waals surface area contributed by atoms with E-state index in [2.05, 4.69) is 30.7 Å². The van der Waals surface area contributed by atoms with Crippen LogP contribution in [-0.2, 0) is 0 Å². The van der Waals surface area contributed by atoms with E-state index in [1.54, 1.807) is 4.68 Å². The summed E-state index contributed by atoms with van der Waals surface area (Å²) < 4.78 is 1.72. The van der Waals surface area contributed by atoms with Gasteiger partial charge in [-0.15, -0.1) is 0 Å². The van der Waals surface area contributed by atoms with Gasteiger partial charge in [0.2, 0.25) is 11.9 Å². The Morgan fingerprint density at radius 3 is 2.39 bits per heavy atom. The Hall–Kier alpha value is -2.96. The number of nitrogens with one attached hydrogen (secondary N) is 2. The molecule has 0 saturated heterocycles. The second-order valence-electron chi connectivity index (χ2n) is 5.14. The lowest BCUT2D eigenvalue weighted by molar-refractivity contribution is 0.767. The van der Waals surface area contributed by atoms with Gasteiger partial charge in [-0.05, 0) is 39.0 Å². The average Bonchev–Trinajstić information content (AvgIpc) is 2.87. The fraction of sp³-hybridized carbons (Fsp3) is 0.250. The number of hydrogen-bond acceptors (Lipinski definition) is 6. The minimum atomic E-state index is 0.477. The highest BCUT2D eigenvalue weighted by atomic mass is 15.4. The first-order valence-corrected chi connectivity index (χ1v) is 7.51. The van der Waals surface area contributed by atoms with E-state index in [4.69, 9.17) is 0 Å². The third-order valence-electron chi connectivity index (χ3n) is 3.19. The van der Waals surface area contributed by atoms with Crippen molar-refractivity contribution in [3.05, 3.63) is 47.8 Å². The van der Waals surface area contributed by atoms with Crippen molar-refractivity contribution in [3.63, 3.8) is 0 Å². The lowest BCUT2D eigenvalue weighted by Crippen LogP contribution is -2.12. The molecular formula is C16H19N7. The van der Waals surface area contributed by atoms with Crippen molar-refractivity contribution in [1.82, 2.24) is 24.7 Å². The molecule has 0 aliphatic rings. The number of para-hydroxylation sites is 1. The summed E-state index contributed by atoms with van der Waals surface area (Å²) in [6.45, 7) is 6.64. The molecule has 0 aliphatic carbocycles. The molecule has 0 amide bonds. The van der Waals surface area contributed by atoms with Crippen LogP contribution >= 0.6 is 0 Å². The van der Waals surface area contributed by atoms with Crippen molar-refractivity contribution in [2.75, 3.05) is 17.2 Å². The second-order valence-corrected chi connectivity index (χ2v) is 5.14. The van der Waals surface area contributed by atoms with Gasteiger partial charge in [-0.25, -0.2) is 4.68 Å². The quantitative estimate of drug-likeness (QED) is 0.754. The molecule has 0 atom stereocenters.